The van der Waals surface area contributed by atoms with Gasteiger partial charge in [-0.15, -0.1) is 0 Å². The van der Waals surface area contributed by atoms with Crippen LogP contribution in [0.3, 0.4) is 0 Å². The lowest BCUT2D eigenvalue weighted by Crippen LogP contribution is -2.38. The van der Waals surface area contributed by atoms with Crippen molar-refractivity contribution < 1.29 is 16.8 Å². The molecule has 0 bridgehead atoms. The Labute approximate surface area is 263 Å². The van der Waals surface area contributed by atoms with Gasteiger partial charge >= 0.3 is 0 Å². The van der Waals surface area contributed by atoms with Crippen LogP contribution in [0.4, 0.5) is 0 Å². The molecule has 3 aromatic rings. The van der Waals surface area contributed by atoms with E-state index in [1.54, 1.807) is 20.7 Å². The highest BCUT2D eigenvalue weighted by atomic mass is 35.5. The molecule has 2 aliphatic rings. The zero-order valence-corrected chi connectivity index (χ0v) is 27.2. The Hall–Kier alpha value is -2.23. The van der Waals surface area contributed by atoms with Crippen molar-refractivity contribution in [3.8, 4) is 0 Å². The maximum atomic E-state index is 14.0. The first-order valence-corrected chi connectivity index (χ1v) is 18.9. The Morgan fingerprint density at radius 1 is 0.628 bits per heavy atom. The summed E-state index contributed by atoms with van der Waals surface area (Å²) in [5.74, 6) is 0.554. The summed E-state index contributed by atoms with van der Waals surface area (Å²) in [4.78, 5) is 0.249. The Morgan fingerprint density at radius 2 is 1.21 bits per heavy atom. The summed E-state index contributed by atoms with van der Waals surface area (Å²) < 4.78 is 59.0. The van der Waals surface area contributed by atoms with Gasteiger partial charge in [-0.1, -0.05) is 99.0 Å². The molecule has 3 aromatic carbocycles. The molecule has 0 saturated heterocycles. The Kier molecular flexibility index (Phi) is 11.0. The second-order valence-corrected chi connectivity index (χ2v) is 16.3. The van der Waals surface area contributed by atoms with Gasteiger partial charge in [0, 0.05) is 30.7 Å². The van der Waals surface area contributed by atoms with Crippen molar-refractivity contribution in [3.63, 3.8) is 0 Å². The molecule has 0 atom stereocenters. The van der Waals surface area contributed by atoms with E-state index >= 15 is 0 Å². The molecule has 0 aromatic heterocycles. The molecular weight excluding hydrogens is 600 g/mol. The minimum atomic E-state index is -3.85. The summed E-state index contributed by atoms with van der Waals surface area (Å²) >= 11 is 6.06. The lowest BCUT2D eigenvalue weighted by molar-refractivity contribution is 0.301. The fourth-order valence-corrected chi connectivity index (χ4v) is 9.75. The SMILES string of the molecule is O=S(=O)(c1ccc(S(=O)(=O)N(Cc2ccc(Cl)cc2)C2CCCC2)cc1)N(CCc1ccccc1)CCC1CCCCC1. The molecule has 5 rings (SSSR count). The van der Waals surface area contributed by atoms with Gasteiger partial charge in [0.15, 0.2) is 0 Å². The van der Waals surface area contributed by atoms with Gasteiger partial charge in [0.25, 0.3) is 0 Å². The predicted molar refractivity (Wildman–Crippen MR) is 173 cm³/mol. The van der Waals surface area contributed by atoms with E-state index in [1.807, 2.05) is 42.5 Å². The van der Waals surface area contributed by atoms with Crippen LogP contribution >= 0.6 is 11.6 Å². The lowest BCUT2D eigenvalue weighted by Gasteiger charge is -2.29. The number of hydrogen-bond acceptors (Lipinski definition) is 4. The second kappa shape index (κ2) is 14.7. The van der Waals surface area contributed by atoms with E-state index in [2.05, 4.69) is 0 Å². The van der Waals surface area contributed by atoms with Gasteiger partial charge in [-0.25, -0.2) is 16.8 Å². The first kappa shape index (κ1) is 32.2. The molecule has 43 heavy (non-hydrogen) atoms. The molecule has 2 saturated carbocycles. The minimum Gasteiger partial charge on any atom is -0.207 e. The first-order chi connectivity index (χ1) is 20.7. The largest absolute Gasteiger partial charge is 0.243 e. The van der Waals surface area contributed by atoms with Crippen LogP contribution in [-0.4, -0.2) is 44.6 Å². The summed E-state index contributed by atoms with van der Waals surface area (Å²) in [6, 6.07) is 23.0. The first-order valence-electron chi connectivity index (χ1n) is 15.6. The number of hydrogen-bond donors (Lipinski definition) is 0. The van der Waals surface area contributed by atoms with Gasteiger partial charge in [0.05, 0.1) is 9.79 Å². The maximum Gasteiger partial charge on any atom is 0.243 e. The third-order valence-electron chi connectivity index (χ3n) is 9.06. The third-order valence-corrected chi connectivity index (χ3v) is 13.1. The molecule has 9 heteroatoms. The number of sulfonamides is 2. The van der Waals surface area contributed by atoms with Crippen LogP contribution in [0.25, 0.3) is 0 Å². The summed E-state index contributed by atoms with van der Waals surface area (Å²) in [6.45, 7) is 1.10. The van der Waals surface area contributed by atoms with Gasteiger partial charge in [0.1, 0.15) is 0 Å². The summed E-state index contributed by atoms with van der Waals surface area (Å²) in [6.07, 6.45) is 11.1. The summed E-state index contributed by atoms with van der Waals surface area (Å²) in [7, 11) is -7.66. The second-order valence-electron chi connectivity index (χ2n) is 12.0. The average Bonchev–Trinajstić information content (AvgIpc) is 3.56. The molecular formula is C34H43ClN2O4S2. The molecule has 6 nitrogen and oxygen atoms in total. The van der Waals surface area contributed by atoms with Crippen LogP contribution in [-0.2, 0) is 33.0 Å². The molecule has 0 amide bonds. The Morgan fingerprint density at radius 3 is 1.84 bits per heavy atom. The molecule has 2 aliphatic carbocycles. The van der Waals surface area contributed by atoms with Crippen molar-refractivity contribution >= 4 is 31.6 Å². The van der Waals surface area contributed by atoms with Crippen LogP contribution in [0.2, 0.25) is 5.02 Å². The van der Waals surface area contributed by atoms with Crippen molar-refractivity contribution in [1.29, 1.82) is 0 Å². The van der Waals surface area contributed by atoms with Crippen LogP contribution in [0, 0.1) is 5.92 Å². The average molecular weight is 643 g/mol. The predicted octanol–water partition coefficient (Wildman–Crippen LogP) is 7.68. The molecule has 0 unspecified atom stereocenters. The molecule has 0 N–H and O–H groups in total. The highest BCUT2D eigenvalue weighted by Crippen LogP contribution is 2.32. The van der Waals surface area contributed by atoms with Crippen molar-refractivity contribution in [1.82, 2.24) is 8.61 Å². The Balaban J connectivity index is 1.36. The number of halogens is 1. The van der Waals surface area contributed by atoms with Gasteiger partial charge in [0.2, 0.25) is 20.0 Å². The highest BCUT2D eigenvalue weighted by Gasteiger charge is 2.34. The van der Waals surface area contributed by atoms with Crippen molar-refractivity contribution in [2.75, 3.05) is 13.1 Å². The van der Waals surface area contributed by atoms with Crippen LogP contribution in [0.5, 0.6) is 0 Å². The summed E-state index contributed by atoms with van der Waals surface area (Å²) in [5, 5.41) is 0.604. The van der Waals surface area contributed by atoms with E-state index in [-0.39, 0.29) is 22.4 Å². The van der Waals surface area contributed by atoms with Crippen LogP contribution < -0.4 is 0 Å². The normalized spacial score (nSPS) is 17.2. The van der Waals surface area contributed by atoms with Gasteiger partial charge in [-0.05, 0) is 79.1 Å². The summed E-state index contributed by atoms with van der Waals surface area (Å²) in [5.41, 5.74) is 1.96. The Bertz CT molecular complexity index is 1520. The molecule has 0 aliphatic heterocycles. The van der Waals surface area contributed by atoms with Gasteiger partial charge in [-0.3, -0.25) is 0 Å². The quantitative estimate of drug-likeness (QED) is 0.192. The molecule has 232 valence electrons. The van der Waals surface area contributed by atoms with Crippen molar-refractivity contribution in [2.24, 2.45) is 5.92 Å². The van der Waals surface area contributed by atoms with Crippen molar-refractivity contribution in [2.45, 2.75) is 93.0 Å². The smallest absolute Gasteiger partial charge is 0.207 e. The molecule has 2 fully saturated rings. The molecule has 0 spiro atoms. The van der Waals surface area contributed by atoms with Crippen molar-refractivity contribution in [3.05, 3.63) is 95.0 Å². The van der Waals surface area contributed by atoms with Crippen LogP contribution in [0.15, 0.2) is 88.7 Å². The van der Waals surface area contributed by atoms with Crippen LogP contribution in [0.1, 0.15) is 75.3 Å². The highest BCUT2D eigenvalue weighted by molar-refractivity contribution is 7.89. The topological polar surface area (TPSA) is 74.8 Å². The maximum absolute atomic E-state index is 14.0. The standard InChI is InChI=1S/C34H43ClN2O4S2/c35-31-17-15-30(16-18-31)27-37(32-13-7-8-14-32)43(40,41)34-21-19-33(20-22-34)42(38,39)36(25-23-28-9-3-1-4-10-28)26-24-29-11-5-2-6-12-29/h1,3-4,9-10,15-22,29,32H,2,5-8,11-14,23-27H2. The monoisotopic (exact) mass is 642 g/mol. The third kappa shape index (κ3) is 8.28. The zero-order chi connectivity index (χ0) is 30.3. The lowest BCUT2D eigenvalue weighted by atomic mass is 9.87. The number of nitrogens with zero attached hydrogens (tertiary/aromatic N) is 2. The van der Waals surface area contributed by atoms with Gasteiger partial charge in [-0.2, -0.15) is 8.61 Å². The molecule has 0 radical (unpaired) electrons. The van der Waals surface area contributed by atoms with E-state index in [1.165, 1.54) is 43.5 Å². The van der Waals surface area contributed by atoms with E-state index in [0.717, 1.165) is 56.1 Å². The van der Waals surface area contributed by atoms with Gasteiger partial charge < -0.3 is 0 Å². The fraction of sp³-hybridized carbons (Fsp3) is 0.471. The number of benzene rings is 3. The number of rotatable bonds is 13. The van der Waals surface area contributed by atoms with E-state index in [9.17, 15) is 16.8 Å². The zero-order valence-electron chi connectivity index (χ0n) is 24.8. The fourth-order valence-electron chi connectivity index (χ4n) is 6.49. The molecule has 0 heterocycles. The minimum absolute atomic E-state index is 0.0858. The van der Waals surface area contributed by atoms with E-state index in [4.69, 9.17) is 11.6 Å². The van der Waals surface area contributed by atoms with E-state index in [0.29, 0.717) is 30.5 Å². The van der Waals surface area contributed by atoms with E-state index < -0.39 is 20.0 Å².